The van der Waals surface area contributed by atoms with Crippen LogP contribution in [0.15, 0.2) is 24.3 Å². The van der Waals surface area contributed by atoms with Gasteiger partial charge in [-0.1, -0.05) is 29.3 Å². The van der Waals surface area contributed by atoms with Crippen molar-refractivity contribution in [1.29, 1.82) is 0 Å². The van der Waals surface area contributed by atoms with Crippen molar-refractivity contribution in [2.45, 2.75) is 26.3 Å². The first-order chi connectivity index (χ1) is 12.9. The number of fused-ring (bicyclic) bond motifs is 1. The van der Waals surface area contributed by atoms with Crippen molar-refractivity contribution in [3.05, 3.63) is 50.4 Å². The number of amides is 2. The van der Waals surface area contributed by atoms with Crippen LogP contribution < -0.4 is 5.43 Å². The predicted molar refractivity (Wildman–Crippen MR) is 106 cm³/mol. The Bertz CT molecular complexity index is 1060. The summed E-state index contributed by atoms with van der Waals surface area (Å²) in [5.74, 6) is -0.328. The second-order valence-electron chi connectivity index (χ2n) is 6.40. The third-order valence-corrected chi connectivity index (χ3v) is 6.21. The largest absolute Gasteiger partial charge is 0.280 e. The van der Waals surface area contributed by atoms with E-state index in [1.165, 1.54) is 16.3 Å². The minimum absolute atomic E-state index is 0.0517. The molecule has 9 heteroatoms. The van der Waals surface area contributed by atoms with Gasteiger partial charge in [0.2, 0.25) is 5.91 Å². The lowest BCUT2D eigenvalue weighted by Gasteiger charge is -2.15. The van der Waals surface area contributed by atoms with Gasteiger partial charge in [0.05, 0.1) is 17.1 Å². The summed E-state index contributed by atoms with van der Waals surface area (Å²) in [7, 11) is 0. The van der Waals surface area contributed by atoms with Crippen LogP contribution in [0.4, 0.5) is 0 Å². The van der Waals surface area contributed by atoms with E-state index in [2.05, 4.69) is 10.5 Å². The zero-order valence-electron chi connectivity index (χ0n) is 14.5. The first-order valence-corrected chi connectivity index (χ1v) is 10.0. The first-order valence-electron chi connectivity index (χ1n) is 8.44. The molecule has 2 amide bonds. The van der Waals surface area contributed by atoms with Gasteiger partial charge < -0.3 is 0 Å². The van der Waals surface area contributed by atoms with E-state index in [-0.39, 0.29) is 11.8 Å². The maximum atomic E-state index is 12.5. The van der Waals surface area contributed by atoms with Crippen LogP contribution in [0, 0.1) is 6.92 Å². The maximum Gasteiger partial charge on any atom is 0.280 e. The van der Waals surface area contributed by atoms with Gasteiger partial charge in [-0.25, -0.2) is 0 Å². The number of aromatic nitrogens is 2. The fraction of sp³-hybridized carbons (Fsp3) is 0.278. The Hall–Kier alpha value is -2.09. The van der Waals surface area contributed by atoms with Crippen LogP contribution in [-0.4, -0.2) is 33.1 Å². The third-order valence-electron chi connectivity index (χ3n) is 4.48. The molecule has 6 nitrogen and oxygen atoms in total. The molecule has 0 aliphatic carbocycles. The van der Waals surface area contributed by atoms with Gasteiger partial charge in [-0.3, -0.25) is 24.7 Å². The molecule has 140 valence electrons. The molecule has 0 radical (unpaired) electrons. The number of hydrogen-bond acceptors (Lipinski definition) is 4. The highest BCUT2D eigenvalue weighted by atomic mass is 35.5. The fourth-order valence-electron chi connectivity index (χ4n) is 3.09. The molecular formula is C18H16Cl2N4O2S. The molecule has 0 bridgehead atoms. The summed E-state index contributed by atoms with van der Waals surface area (Å²) in [5, 5.41) is 8.03. The van der Waals surface area contributed by atoms with Gasteiger partial charge in [0, 0.05) is 28.4 Å². The number of carbonyl (C=O) groups excluding carboxylic acids is 2. The summed E-state index contributed by atoms with van der Waals surface area (Å²) < 4.78 is 1.84. The molecule has 0 saturated carbocycles. The molecule has 2 aromatic heterocycles. The number of rotatable bonds is 4. The molecular weight excluding hydrogens is 407 g/mol. The van der Waals surface area contributed by atoms with E-state index < -0.39 is 0 Å². The van der Waals surface area contributed by atoms with Crippen molar-refractivity contribution in [2.24, 2.45) is 0 Å². The summed E-state index contributed by atoms with van der Waals surface area (Å²) in [6.07, 6.45) is 1.24. The highest BCUT2D eigenvalue weighted by Crippen LogP contribution is 2.30. The van der Waals surface area contributed by atoms with E-state index in [0.717, 1.165) is 27.9 Å². The highest BCUT2D eigenvalue weighted by Gasteiger charge is 2.24. The van der Waals surface area contributed by atoms with Crippen molar-refractivity contribution < 1.29 is 9.59 Å². The van der Waals surface area contributed by atoms with Crippen LogP contribution in [0.2, 0.25) is 10.0 Å². The van der Waals surface area contributed by atoms with Crippen LogP contribution in [0.3, 0.4) is 0 Å². The van der Waals surface area contributed by atoms with Crippen LogP contribution in [0.25, 0.3) is 10.2 Å². The Morgan fingerprint density at radius 2 is 2.15 bits per heavy atom. The van der Waals surface area contributed by atoms with Crippen molar-refractivity contribution >= 4 is 56.6 Å². The minimum Gasteiger partial charge on any atom is -0.273 e. The summed E-state index contributed by atoms with van der Waals surface area (Å²) in [5.41, 5.74) is 4.42. The average Bonchev–Trinajstić information content (AvgIpc) is 3.29. The lowest BCUT2D eigenvalue weighted by molar-refractivity contribution is -0.129. The SMILES string of the molecule is Cc1nn(Cc2ccc(Cl)cc2Cl)c2sc(C(=O)NN3CCCC3=O)cc12. The Morgan fingerprint density at radius 3 is 2.85 bits per heavy atom. The Morgan fingerprint density at radius 1 is 1.33 bits per heavy atom. The molecule has 0 spiro atoms. The van der Waals surface area contributed by atoms with Crippen molar-refractivity contribution in [3.63, 3.8) is 0 Å². The summed E-state index contributed by atoms with van der Waals surface area (Å²) in [6.45, 7) is 2.94. The second kappa shape index (κ2) is 7.14. The number of nitrogens with zero attached hydrogens (tertiary/aromatic N) is 3. The number of benzene rings is 1. The zero-order chi connectivity index (χ0) is 19.1. The van der Waals surface area contributed by atoms with E-state index in [4.69, 9.17) is 23.2 Å². The molecule has 3 aromatic rings. The number of thiophene rings is 1. The zero-order valence-corrected chi connectivity index (χ0v) is 16.8. The minimum atomic E-state index is -0.276. The molecule has 1 N–H and O–H groups in total. The van der Waals surface area contributed by atoms with Gasteiger partial charge in [-0.15, -0.1) is 11.3 Å². The lowest BCUT2D eigenvalue weighted by atomic mass is 10.2. The Kier molecular flexibility index (Phi) is 4.84. The highest BCUT2D eigenvalue weighted by molar-refractivity contribution is 7.20. The van der Waals surface area contributed by atoms with Crippen LogP contribution in [-0.2, 0) is 11.3 Å². The van der Waals surface area contributed by atoms with E-state index in [0.29, 0.717) is 34.4 Å². The number of hydrazine groups is 1. The Balaban J connectivity index is 1.61. The van der Waals surface area contributed by atoms with E-state index in [9.17, 15) is 9.59 Å². The fourth-order valence-corrected chi connectivity index (χ4v) is 4.61. The number of nitrogens with one attached hydrogen (secondary N) is 1. The van der Waals surface area contributed by atoms with Gasteiger partial charge in [0.1, 0.15) is 4.83 Å². The number of halogens is 2. The molecule has 4 rings (SSSR count). The molecule has 0 unspecified atom stereocenters. The summed E-state index contributed by atoms with van der Waals surface area (Å²) >= 11 is 13.6. The average molecular weight is 423 g/mol. The van der Waals surface area contributed by atoms with Crippen LogP contribution >= 0.6 is 34.5 Å². The van der Waals surface area contributed by atoms with Gasteiger partial charge in [0.25, 0.3) is 5.91 Å². The lowest BCUT2D eigenvalue weighted by Crippen LogP contribution is -2.42. The molecule has 1 aliphatic heterocycles. The topological polar surface area (TPSA) is 67.2 Å². The molecule has 3 heterocycles. The third kappa shape index (κ3) is 3.54. The van der Waals surface area contributed by atoms with Gasteiger partial charge in [-0.2, -0.15) is 5.10 Å². The quantitative estimate of drug-likeness (QED) is 0.689. The van der Waals surface area contributed by atoms with Crippen LogP contribution in [0.1, 0.15) is 33.8 Å². The monoisotopic (exact) mass is 422 g/mol. The molecule has 0 atom stereocenters. The maximum absolute atomic E-state index is 12.5. The number of hydrogen-bond donors (Lipinski definition) is 1. The standard InChI is InChI=1S/C18H16Cl2N4O2S/c1-10-13-8-15(17(26)22-23-6-2-3-16(23)25)27-18(13)24(21-10)9-11-4-5-12(19)7-14(11)20/h4-5,7-8H,2-3,6,9H2,1H3,(H,22,26). The first kappa shape index (κ1) is 18.3. The van der Waals surface area contributed by atoms with Crippen molar-refractivity contribution in [1.82, 2.24) is 20.2 Å². The van der Waals surface area contributed by atoms with E-state index >= 15 is 0 Å². The normalized spacial score (nSPS) is 14.3. The van der Waals surface area contributed by atoms with Gasteiger partial charge in [-0.05, 0) is 37.1 Å². The summed E-state index contributed by atoms with van der Waals surface area (Å²) in [4.78, 5) is 25.7. The molecule has 27 heavy (non-hydrogen) atoms. The van der Waals surface area contributed by atoms with Gasteiger partial charge >= 0.3 is 0 Å². The van der Waals surface area contributed by atoms with Crippen molar-refractivity contribution in [2.75, 3.05) is 6.54 Å². The number of carbonyl (C=O) groups is 2. The molecule has 1 fully saturated rings. The predicted octanol–water partition coefficient (Wildman–Crippen LogP) is 4.03. The second-order valence-corrected chi connectivity index (χ2v) is 8.27. The number of aryl methyl sites for hydroxylation is 1. The molecule has 1 aromatic carbocycles. The van der Waals surface area contributed by atoms with E-state index in [1.54, 1.807) is 12.1 Å². The smallest absolute Gasteiger partial charge is 0.273 e. The molecule has 1 saturated heterocycles. The molecule has 1 aliphatic rings. The van der Waals surface area contributed by atoms with Crippen molar-refractivity contribution in [3.8, 4) is 0 Å². The van der Waals surface area contributed by atoms with E-state index in [1.807, 2.05) is 23.7 Å². The summed E-state index contributed by atoms with van der Waals surface area (Å²) in [6, 6.07) is 7.18. The van der Waals surface area contributed by atoms with Crippen LogP contribution in [0.5, 0.6) is 0 Å². The Labute approximate surface area is 169 Å². The van der Waals surface area contributed by atoms with Gasteiger partial charge in [0.15, 0.2) is 0 Å².